The fourth-order valence-corrected chi connectivity index (χ4v) is 2.09. The lowest BCUT2D eigenvalue weighted by molar-refractivity contribution is -0.00572. The molecule has 0 aromatic carbocycles. The topological polar surface area (TPSA) is 64.3 Å². The maximum absolute atomic E-state index is 5.67. The number of hydrogen-bond acceptors (Lipinski definition) is 5. The van der Waals surface area contributed by atoms with Crippen molar-refractivity contribution >= 4 is 23.2 Å². The SMILES string of the molecule is CC1CN(c2nccc(C(N)=S)n2)CC(C)O1. The van der Waals surface area contributed by atoms with Gasteiger partial charge in [-0.1, -0.05) is 12.2 Å². The number of rotatable bonds is 2. The van der Waals surface area contributed by atoms with Crippen molar-refractivity contribution < 1.29 is 4.74 Å². The van der Waals surface area contributed by atoms with Gasteiger partial charge < -0.3 is 15.4 Å². The van der Waals surface area contributed by atoms with Crippen molar-refractivity contribution in [3.8, 4) is 0 Å². The molecule has 2 unspecified atom stereocenters. The maximum atomic E-state index is 5.67. The van der Waals surface area contributed by atoms with E-state index in [1.54, 1.807) is 12.3 Å². The lowest BCUT2D eigenvalue weighted by atomic mass is 10.2. The highest BCUT2D eigenvalue weighted by atomic mass is 32.1. The number of anilines is 1. The molecule has 1 saturated heterocycles. The van der Waals surface area contributed by atoms with Gasteiger partial charge in [-0.3, -0.25) is 0 Å². The number of nitrogens with zero attached hydrogens (tertiary/aromatic N) is 3. The number of morpholine rings is 1. The summed E-state index contributed by atoms with van der Waals surface area (Å²) < 4.78 is 5.67. The fourth-order valence-electron chi connectivity index (χ4n) is 1.98. The van der Waals surface area contributed by atoms with Crippen LogP contribution in [0.25, 0.3) is 0 Å². The van der Waals surface area contributed by atoms with Crippen LogP contribution in [0.2, 0.25) is 0 Å². The smallest absolute Gasteiger partial charge is 0.226 e. The Kier molecular flexibility index (Phi) is 3.54. The van der Waals surface area contributed by atoms with Crippen molar-refractivity contribution in [2.45, 2.75) is 26.1 Å². The normalized spacial score (nSPS) is 24.7. The minimum absolute atomic E-state index is 0.177. The zero-order valence-corrected chi connectivity index (χ0v) is 10.8. The van der Waals surface area contributed by atoms with Crippen LogP contribution in [0.1, 0.15) is 19.5 Å². The van der Waals surface area contributed by atoms with Gasteiger partial charge in [-0.05, 0) is 19.9 Å². The minimum atomic E-state index is 0.177. The summed E-state index contributed by atoms with van der Waals surface area (Å²) in [6.07, 6.45) is 2.04. The molecule has 2 atom stereocenters. The van der Waals surface area contributed by atoms with Crippen LogP contribution < -0.4 is 10.6 Å². The zero-order chi connectivity index (χ0) is 12.4. The first kappa shape index (κ1) is 12.2. The third-order valence-corrected chi connectivity index (χ3v) is 2.81. The Morgan fingerprint density at radius 3 is 2.71 bits per heavy atom. The molecule has 6 heteroatoms. The maximum Gasteiger partial charge on any atom is 0.226 e. The highest BCUT2D eigenvalue weighted by Crippen LogP contribution is 2.16. The molecule has 0 spiro atoms. The molecule has 2 N–H and O–H groups in total. The summed E-state index contributed by atoms with van der Waals surface area (Å²) in [5, 5.41) is 0. The number of nitrogens with two attached hydrogens (primary N) is 1. The number of ether oxygens (including phenoxy) is 1. The van der Waals surface area contributed by atoms with Crippen molar-refractivity contribution in [1.29, 1.82) is 0 Å². The second kappa shape index (κ2) is 4.93. The van der Waals surface area contributed by atoms with Gasteiger partial charge in [-0.25, -0.2) is 9.97 Å². The van der Waals surface area contributed by atoms with Gasteiger partial charge in [-0.15, -0.1) is 0 Å². The highest BCUT2D eigenvalue weighted by Gasteiger charge is 2.24. The summed E-state index contributed by atoms with van der Waals surface area (Å²) in [4.78, 5) is 11.0. The predicted octanol–water partition coefficient (Wildman–Crippen LogP) is 0.724. The largest absolute Gasteiger partial charge is 0.388 e. The molecule has 92 valence electrons. The highest BCUT2D eigenvalue weighted by molar-refractivity contribution is 7.80. The first-order chi connectivity index (χ1) is 8.06. The van der Waals surface area contributed by atoms with E-state index in [4.69, 9.17) is 22.7 Å². The van der Waals surface area contributed by atoms with Gasteiger partial charge >= 0.3 is 0 Å². The van der Waals surface area contributed by atoms with Gasteiger partial charge in [0, 0.05) is 19.3 Å². The minimum Gasteiger partial charge on any atom is -0.388 e. The first-order valence-electron chi connectivity index (χ1n) is 5.59. The molecule has 1 aliphatic rings. The van der Waals surface area contributed by atoms with Crippen molar-refractivity contribution in [2.24, 2.45) is 5.73 Å². The van der Waals surface area contributed by atoms with E-state index in [0.717, 1.165) is 13.1 Å². The quantitative estimate of drug-likeness (QED) is 0.783. The van der Waals surface area contributed by atoms with Crippen molar-refractivity contribution in [3.05, 3.63) is 18.0 Å². The van der Waals surface area contributed by atoms with E-state index >= 15 is 0 Å². The first-order valence-corrected chi connectivity index (χ1v) is 6.00. The molecule has 0 aliphatic carbocycles. The average molecular weight is 252 g/mol. The van der Waals surface area contributed by atoms with E-state index in [9.17, 15) is 0 Å². The molecule has 0 bridgehead atoms. The Morgan fingerprint density at radius 2 is 2.12 bits per heavy atom. The summed E-state index contributed by atoms with van der Waals surface area (Å²) >= 11 is 4.91. The summed E-state index contributed by atoms with van der Waals surface area (Å²) in [5.41, 5.74) is 6.17. The number of hydrogen-bond donors (Lipinski definition) is 1. The van der Waals surface area contributed by atoms with Gasteiger partial charge in [0.2, 0.25) is 5.95 Å². The number of aromatic nitrogens is 2. The lowest BCUT2D eigenvalue weighted by Gasteiger charge is -2.35. The van der Waals surface area contributed by atoms with E-state index in [-0.39, 0.29) is 12.2 Å². The van der Waals surface area contributed by atoms with E-state index < -0.39 is 0 Å². The monoisotopic (exact) mass is 252 g/mol. The summed E-state index contributed by atoms with van der Waals surface area (Å²) in [5.74, 6) is 0.664. The van der Waals surface area contributed by atoms with Crippen LogP contribution in [0, 0.1) is 0 Å². The van der Waals surface area contributed by atoms with Crippen LogP contribution in [0.5, 0.6) is 0 Å². The third kappa shape index (κ3) is 2.89. The summed E-state index contributed by atoms with van der Waals surface area (Å²) in [6.45, 7) is 5.65. The Bertz CT molecular complexity index is 416. The van der Waals surface area contributed by atoms with E-state index in [1.807, 2.05) is 13.8 Å². The van der Waals surface area contributed by atoms with Gasteiger partial charge in [0.1, 0.15) is 10.7 Å². The molecule has 2 rings (SSSR count). The molecule has 5 nitrogen and oxygen atoms in total. The molecule has 1 aromatic heterocycles. The third-order valence-electron chi connectivity index (χ3n) is 2.60. The predicted molar refractivity (Wildman–Crippen MR) is 70.1 cm³/mol. The lowest BCUT2D eigenvalue weighted by Crippen LogP contribution is -2.46. The van der Waals surface area contributed by atoms with Crippen LogP contribution >= 0.6 is 12.2 Å². The zero-order valence-electron chi connectivity index (χ0n) is 9.96. The standard InChI is InChI=1S/C11H16N4OS/c1-7-5-15(6-8(2)16-7)11-13-4-3-9(14-11)10(12)17/h3-4,7-8H,5-6H2,1-2H3,(H2,12,17). The molecule has 0 saturated carbocycles. The summed E-state index contributed by atoms with van der Waals surface area (Å²) in [6, 6.07) is 1.72. The molecule has 17 heavy (non-hydrogen) atoms. The molecule has 1 fully saturated rings. The van der Waals surface area contributed by atoms with Gasteiger partial charge in [0.05, 0.1) is 12.2 Å². The van der Waals surface area contributed by atoms with Crippen molar-refractivity contribution in [2.75, 3.05) is 18.0 Å². The molecular weight excluding hydrogens is 236 g/mol. The van der Waals surface area contributed by atoms with E-state index in [1.165, 1.54) is 0 Å². The molecule has 0 radical (unpaired) electrons. The Morgan fingerprint density at radius 1 is 1.47 bits per heavy atom. The van der Waals surface area contributed by atoms with Crippen molar-refractivity contribution in [3.63, 3.8) is 0 Å². The molecule has 2 heterocycles. The molecule has 0 amide bonds. The van der Waals surface area contributed by atoms with Gasteiger partial charge in [-0.2, -0.15) is 0 Å². The Balaban J connectivity index is 2.21. The number of thiocarbonyl (C=S) groups is 1. The van der Waals surface area contributed by atoms with Crippen LogP contribution in [0.4, 0.5) is 5.95 Å². The second-order valence-electron chi connectivity index (χ2n) is 4.27. The molecule has 1 aromatic rings. The van der Waals surface area contributed by atoms with Gasteiger partial charge in [0.25, 0.3) is 0 Å². The van der Waals surface area contributed by atoms with Crippen LogP contribution in [-0.2, 0) is 4.74 Å². The molecule has 1 aliphatic heterocycles. The second-order valence-corrected chi connectivity index (χ2v) is 4.71. The molecular formula is C11H16N4OS. The Hall–Kier alpha value is -1.27. The fraction of sp³-hybridized carbons (Fsp3) is 0.545. The van der Waals surface area contributed by atoms with Crippen LogP contribution in [-0.4, -0.2) is 40.3 Å². The van der Waals surface area contributed by atoms with Crippen molar-refractivity contribution in [1.82, 2.24) is 9.97 Å². The summed E-state index contributed by atoms with van der Waals surface area (Å²) in [7, 11) is 0. The Labute approximate surface area is 106 Å². The van der Waals surface area contributed by atoms with E-state index in [0.29, 0.717) is 16.6 Å². The van der Waals surface area contributed by atoms with Crippen LogP contribution in [0.15, 0.2) is 12.3 Å². The van der Waals surface area contributed by atoms with Crippen LogP contribution in [0.3, 0.4) is 0 Å². The van der Waals surface area contributed by atoms with Gasteiger partial charge in [0.15, 0.2) is 0 Å². The average Bonchev–Trinajstić information content (AvgIpc) is 2.28. The van der Waals surface area contributed by atoms with E-state index in [2.05, 4.69) is 14.9 Å².